The molecule has 0 radical (unpaired) electrons. The molecule has 116 valence electrons. The summed E-state index contributed by atoms with van der Waals surface area (Å²) in [4.78, 5) is 15.2. The van der Waals surface area contributed by atoms with Crippen LogP contribution in [-0.2, 0) is 4.74 Å². The van der Waals surface area contributed by atoms with Crippen LogP contribution >= 0.6 is 0 Å². The molecule has 0 aliphatic rings. The van der Waals surface area contributed by atoms with Crippen molar-refractivity contribution in [1.29, 1.82) is 0 Å². The molecule has 0 unspecified atom stereocenters. The molecule has 4 nitrogen and oxygen atoms in total. The molecule has 2 rings (SSSR count). The molecule has 0 fully saturated rings. The number of hydrogen-bond donors (Lipinski definition) is 0. The summed E-state index contributed by atoms with van der Waals surface area (Å²) < 4.78 is 58.7. The van der Waals surface area contributed by atoms with Crippen LogP contribution in [0.15, 0.2) is 36.7 Å². The van der Waals surface area contributed by atoms with Crippen LogP contribution in [0.25, 0.3) is 11.1 Å². The van der Waals surface area contributed by atoms with Crippen molar-refractivity contribution >= 4 is 5.97 Å². The summed E-state index contributed by atoms with van der Waals surface area (Å²) in [5.74, 6) is -2.39. The van der Waals surface area contributed by atoms with E-state index in [2.05, 4.69) is 14.5 Å². The van der Waals surface area contributed by atoms with Crippen LogP contribution in [0.5, 0.6) is 5.75 Å². The van der Waals surface area contributed by atoms with Crippen molar-refractivity contribution < 1.29 is 31.8 Å². The Hall–Kier alpha value is -2.64. The van der Waals surface area contributed by atoms with Gasteiger partial charge < -0.3 is 9.47 Å². The second-order valence-corrected chi connectivity index (χ2v) is 4.11. The van der Waals surface area contributed by atoms with Crippen LogP contribution in [-0.4, -0.2) is 24.4 Å². The van der Waals surface area contributed by atoms with Gasteiger partial charge in [-0.15, -0.1) is 13.2 Å². The SMILES string of the molecule is COC(=O)c1c(F)cncc1-c1cccc(OC(F)(F)F)c1. The van der Waals surface area contributed by atoms with Gasteiger partial charge in [0.25, 0.3) is 0 Å². The summed E-state index contributed by atoms with van der Waals surface area (Å²) in [7, 11) is 1.06. The molecule has 0 N–H and O–H groups in total. The van der Waals surface area contributed by atoms with Crippen LogP contribution in [0, 0.1) is 5.82 Å². The summed E-state index contributed by atoms with van der Waals surface area (Å²) in [6.07, 6.45) is -2.89. The van der Waals surface area contributed by atoms with E-state index in [4.69, 9.17) is 0 Å². The van der Waals surface area contributed by atoms with Crippen LogP contribution < -0.4 is 4.74 Å². The fourth-order valence-electron chi connectivity index (χ4n) is 1.82. The third kappa shape index (κ3) is 3.51. The van der Waals surface area contributed by atoms with Gasteiger partial charge in [-0.1, -0.05) is 12.1 Å². The summed E-state index contributed by atoms with van der Waals surface area (Å²) in [6.45, 7) is 0. The maximum absolute atomic E-state index is 13.8. The van der Waals surface area contributed by atoms with Crippen molar-refractivity contribution in [2.75, 3.05) is 7.11 Å². The van der Waals surface area contributed by atoms with Gasteiger partial charge in [-0.3, -0.25) is 4.98 Å². The lowest BCUT2D eigenvalue weighted by Crippen LogP contribution is -2.17. The normalized spacial score (nSPS) is 11.1. The molecular formula is C14H9F4NO3. The zero-order valence-electron chi connectivity index (χ0n) is 11.1. The minimum absolute atomic E-state index is 0.000487. The Morgan fingerprint density at radius 1 is 1.23 bits per heavy atom. The zero-order chi connectivity index (χ0) is 16.3. The molecule has 0 atom stereocenters. The molecule has 0 aliphatic heterocycles. The van der Waals surface area contributed by atoms with E-state index in [1.54, 1.807) is 0 Å². The highest BCUT2D eigenvalue weighted by Crippen LogP contribution is 2.30. The van der Waals surface area contributed by atoms with Gasteiger partial charge in [0, 0.05) is 11.8 Å². The van der Waals surface area contributed by atoms with Gasteiger partial charge >= 0.3 is 12.3 Å². The van der Waals surface area contributed by atoms with Gasteiger partial charge in [0.1, 0.15) is 11.3 Å². The molecule has 8 heteroatoms. The number of aromatic nitrogens is 1. The fraction of sp³-hybridized carbons (Fsp3) is 0.143. The summed E-state index contributed by atoms with van der Waals surface area (Å²) in [5.41, 5.74) is -0.282. The first-order valence-corrected chi connectivity index (χ1v) is 5.90. The van der Waals surface area contributed by atoms with Crippen molar-refractivity contribution in [3.8, 4) is 16.9 Å². The van der Waals surface area contributed by atoms with Crippen molar-refractivity contribution in [1.82, 2.24) is 4.98 Å². The highest BCUT2D eigenvalue weighted by Gasteiger charge is 2.31. The standard InChI is InChI=1S/C14H9F4NO3/c1-21-13(20)12-10(6-19-7-11(12)15)8-3-2-4-9(5-8)22-14(16,17)18/h2-7H,1H3. The molecule has 0 spiro atoms. The average Bonchev–Trinajstić information content (AvgIpc) is 2.44. The van der Waals surface area contributed by atoms with E-state index >= 15 is 0 Å². The number of pyridine rings is 1. The van der Waals surface area contributed by atoms with E-state index in [-0.39, 0.29) is 11.1 Å². The lowest BCUT2D eigenvalue weighted by atomic mass is 10.0. The first kappa shape index (κ1) is 15.7. The topological polar surface area (TPSA) is 48.4 Å². The monoisotopic (exact) mass is 315 g/mol. The highest BCUT2D eigenvalue weighted by molar-refractivity contribution is 5.97. The minimum atomic E-state index is -4.86. The predicted molar refractivity (Wildman–Crippen MR) is 67.7 cm³/mol. The molecule has 0 amide bonds. The Labute approximate surface area is 122 Å². The number of rotatable bonds is 3. The lowest BCUT2D eigenvalue weighted by molar-refractivity contribution is -0.274. The summed E-state index contributed by atoms with van der Waals surface area (Å²) in [5, 5.41) is 0. The smallest absolute Gasteiger partial charge is 0.465 e. The van der Waals surface area contributed by atoms with Crippen molar-refractivity contribution in [3.05, 3.63) is 48.0 Å². The molecule has 1 aromatic heterocycles. The molecule has 0 bridgehead atoms. The number of ether oxygens (including phenoxy) is 2. The van der Waals surface area contributed by atoms with Gasteiger partial charge in [-0.05, 0) is 17.7 Å². The van der Waals surface area contributed by atoms with E-state index < -0.39 is 29.5 Å². The second-order valence-electron chi connectivity index (χ2n) is 4.11. The Bertz CT molecular complexity index is 701. The van der Waals surface area contributed by atoms with Gasteiger partial charge in [0.2, 0.25) is 0 Å². The number of carbonyl (C=O) groups excluding carboxylic acids is 1. The quantitative estimate of drug-likeness (QED) is 0.642. The Morgan fingerprint density at radius 3 is 2.59 bits per heavy atom. The third-order valence-electron chi connectivity index (χ3n) is 2.67. The highest BCUT2D eigenvalue weighted by atomic mass is 19.4. The molecule has 0 saturated heterocycles. The van der Waals surface area contributed by atoms with Gasteiger partial charge in [0.05, 0.1) is 13.3 Å². The predicted octanol–water partition coefficient (Wildman–Crippen LogP) is 3.57. The molecule has 0 aliphatic carbocycles. The van der Waals surface area contributed by atoms with Crippen molar-refractivity contribution in [3.63, 3.8) is 0 Å². The number of hydrogen-bond acceptors (Lipinski definition) is 4. The molecular weight excluding hydrogens is 306 g/mol. The number of carbonyl (C=O) groups is 1. The third-order valence-corrected chi connectivity index (χ3v) is 2.67. The fourth-order valence-corrected chi connectivity index (χ4v) is 1.82. The van der Waals surface area contributed by atoms with Crippen LogP contribution in [0.1, 0.15) is 10.4 Å². The van der Waals surface area contributed by atoms with Crippen LogP contribution in [0.4, 0.5) is 17.6 Å². The molecule has 22 heavy (non-hydrogen) atoms. The van der Waals surface area contributed by atoms with E-state index in [0.717, 1.165) is 31.6 Å². The lowest BCUT2D eigenvalue weighted by Gasteiger charge is -2.12. The minimum Gasteiger partial charge on any atom is -0.465 e. The van der Waals surface area contributed by atoms with E-state index in [1.165, 1.54) is 12.1 Å². The Balaban J connectivity index is 2.51. The molecule has 1 heterocycles. The van der Waals surface area contributed by atoms with Gasteiger partial charge in [-0.25, -0.2) is 9.18 Å². The van der Waals surface area contributed by atoms with E-state index in [0.29, 0.717) is 0 Å². The van der Waals surface area contributed by atoms with Gasteiger partial charge in [0.15, 0.2) is 5.82 Å². The zero-order valence-corrected chi connectivity index (χ0v) is 11.1. The second kappa shape index (κ2) is 6.00. The number of benzene rings is 1. The summed E-state index contributed by atoms with van der Waals surface area (Å²) >= 11 is 0. The average molecular weight is 315 g/mol. The van der Waals surface area contributed by atoms with Crippen LogP contribution in [0.3, 0.4) is 0 Å². The number of esters is 1. The maximum Gasteiger partial charge on any atom is 0.573 e. The number of methoxy groups -OCH3 is 1. The van der Waals surface area contributed by atoms with E-state index in [9.17, 15) is 22.4 Å². The molecule has 1 aromatic carbocycles. The Kier molecular flexibility index (Phi) is 4.30. The number of alkyl halides is 3. The molecule has 2 aromatic rings. The number of nitrogens with zero attached hydrogens (tertiary/aromatic N) is 1. The largest absolute Gasteiger partial charge is 0.573 e. The molecule has 0 saturated carbocycles. The van der Waals surface area contributed by atoms with Crippen LogP contribution in [0.2, 0.25) is 0 Å². The van der Waals surface area contributed by atoms with E-state index in [1.807, 2.05) is 0 Å². The first-order valence-electron chi connectivity index (χ1n) is 5.90. The number of halogens is 4. The first-order chi connectivity index (χ1) is 10.3. The van der Waals surface area contributed by atoms with Crippen molar-refractivity contribution in [2.45, 2.75) is 6.36 Å². The van der Waals surface area contributed by atoms with Gasteiger partial charge in [-0.2, -0.15) is 0 Å². The summed E-state index contributed by atoms with van der Waals surface area (Å²) in [6, 6.07) is 4.78. The Morgan fingerprint density at radius 2 is 1.95 bits per heavy atom. The maximum atomic E-state index is 13.8. The van der Waals surface area contributed by atoms with Crippen molar-refractivity contribution in [2.24, 2.45) is 0 Å².